The molecule has 2 atom stereocenters. The van der Waals surface area contributed by atoms with E-state index in [1.807, 2.05) is 6.07 Å². The van der Waals surface area contributed by atoms with Gasteiger partial charge in [0.05, 0.1) is 13.2 Å². The first-order valence-electron chi connectivity index (χ1n) is 6.48. The number of nitrogens with two attached hydrogens (primary N) is 1. The normalized spacial score (nSPS) is 27.1. The predicted octanol–water partition coefficient (Wildman–Crippen LogP) is 2.30. The topological polar surface area (TPSA) is 44.5 Å². The Balaban J connectivity index is 1.84. The summed E-state index contributed by atoms with van der Waals surface area (Å²) in [7, 11) is 0. The number of hydrogen-bond acceptors (Lipinski definition) is 3. The van der Waals surface area contributed by atoms with E-state index in [0.29, 0.717) is 11.8 Å². The molecule has 0 aromatic heterocycles. The van der Waals surface area contributed by atoms with Crippen molar-refractivity contribution >= 4 is 0 Å². The quantitative estimate of drug-likeness (QED) is 0.852. The molecule has 1 heterocycles. The summed E-state index contributed by atoms with van der Waals surface area (Å²) in [5.74, 6) is 3.06. The van der Waals surface area contributed by atoms with Crippen LogP contribution in [0.2, 0.25) is 0 Å². The second-order valence-corrected chi connectivity index (χ2v) is 4.94. The molecule has 1 aliphatic heterocycles. The summed E-state index contributed by atoms with van der Waals surface area (Å²) in [6.07, 6.45) is 3.47. The Morgan fingerprint density at radius 3 is 2.65 bits per heavy atom. The van der Waals surface area contributed by atoms with E-state index in [9.17, 15) is 0 Å². The minimum Gasteiger partial charge on any atom is -0.490 e. The molecule has 1 aromatic rings. The predicted molar refractivity (Wildman–Crippen MR) is 66.6 cm³/mol. The first-order chi connectivity index (χ1) is 8.38. The molecule has 0 amide bonds. The van der Waals surface area contributed by atoms with Crippen molar-refractivity contribution in [3.8, 4) is 11.5 Å². The third-order valence-electron chi connectivity index (χ3n) is 3.92. The highest BCUT2D eigenvalue weighted by molar-refractivity contribution is 5.45. The van der Waals surface area contributed by atoms with Crippen LogP contribution in [0.1, 0.15) is 30.7 Å². The molecular formula is C14H19NO2. The summed E-state index contributed by atoms with van der Waals surface area (Å²) in [5, 5.41) is 0. The average molecular weight is 233 g/mol. The largest absolute Gasteiger partial charge is 0.490 e. The Morgan fingerprint density at radius 2 is 1.94 bits per heavy atom. The number of ether oxygens (including phenoxy) is 2. The van der Waals surface area contributed by atoms with Gasteiger partial charge < -0.3 is 15.2 Å². The van der Waals surface area contributed by atoms with Gasteiger partial charge >= 0.3 is 0 Å². The summed E-state index contributed by atoms with van der Waals surface area (Å²) in [4.78, 5) is 0. The first-order valence-corrected chi connectivity index (χ1v) is 6.48. The molecule has 3 nitrogen and oxygen atoms in total. The summed E-state index contributed by atoms with van der Waals surface area (Å²) in [5.41, 5.74) is 7.13. The summed E-state index contributed by atoms with van der Waals surface area (Å²) >= 11 is 0. The van der Waals surface area contributed by atoms with E-state index in [1.165, 1.54) is 18.4 Å². The average Bonchev–Trinajstić information content (AvgIpc) is 2.53. The van der Waals surface area contributed by atoms with Crippen molar-refractivity contribution < 1.29 is 9.47 Å². The van der Waals surface area contributed by atoms with E-state index >= 15 is 0 Å². The summed E-state index contributed by atoms with van der Waals surface area (Å²) < 4.78 is 11.4. The van der Waals surface area contributed by atoms with Crippen LogP contribution in [0.25, 0.3) is 0 Å². The minimum absolute atomic E-state index is 0.622. The van der Waals surface area contributed by atoms with Gasteiger partial charge in [-0.05, 0) is 48.9 Å². The molecule has 3 heteroatoms. The number of rotatable bonds is 2. The molecule has 0 spiro atoms. The highest BCUT2D eigenvalue weighted by atomic mass is 16.5. The fourth-order valence-corrected chi connectivity index (χ4v) is 2.70. The van der Waals surface area contributed by atoms with E-state index in [4.69, 9.17) is 15.2 Å². The van der Waals surface area contributed by atoms with E-state index in [2.05, 4.69) is 12.1 Å². The molecular weight excluding hydrogens is 214 g/mol. The smallest absolute Gasteiger partial charge is 0.161 e. The maximum Gasteiger partial charge on any atom is 0.161 e. The van der Waals surface area contributed by atoms with Crippen LogP contribution < -0.4 is 15.2 Å². The molecule has 0 radical (unpaired) electrons. The van der Waals surface area contributed by atoms with Crippen LogP contribution in [0.4, 0.5) is 0 Å². The summed E-state index contributed by atoms with van der Waals surface area (Å²) in [6.45, 7) is 2.29. The maximum atomic E-state index is 5.77. The zero-order valence-electron chi connectivity index (χ0n) is 10.0. The van der Waals surface area contributed by atoms with Gasteiger partial charge in [-0.2, -0.15) is 0 Å². The number of benzene rings is 1. The van der Waals surface area contributed by atoms with Gasteiger partial charge in [0.2, 0.25) is 0 Å². The SMILES string of the molecule is NCC1CCC1c1ccc2c(c1)OCCCO2. The summed E-state index contributed by atoms with van der Waals surface area (Å²) in [6, 6.07) is 6.36. The lowest BCUT2D eigenvalue weighted by Crippen LogP contribution is -2.30. The highest BCUT2D eigenvalue weighted by Gasteiger charge is 2.31. The number of hydrogen-bond donors (Lipinski definition) is 1. The van der Waals surface area contributed by atoms with E-state index in [-0.39, 0.29) is 0 Å². The van der Waals surface area contributed by atoms with Crippen LogP contribution in [0, 0.1) is 5.92 Å². The molecule has 1 aromatic carbocycles. The van der Waals surface area contributed by atoms with Crippen molar-refractivity contribution in [3.05, 3.63) is 23.8 Å². The third kappa shape index (κ3) is 2.00. The molecule has 0 saturated heterocycles. The Morgan fingerprint density at radius 1 is 1.12 bits per heavy atom. The molecule has 17 heavy (non-hydrogen) atoms. The Labute approximate surface area is 102 Å². The molecule has 2 aliphatic rings. The van der Waals surface area contributed by atoms with Gasteiger partial charge in [-0.15, -0.1) is 0 Å². The second-order valence-electron chi connectivity index (χ2n) is 4.94. The van der Waals surface area contributed by atoms with E-state index in [0.717, 1.165) is 37.7 Å². The zero-order valence-corrected chi connectivity index (χ0v) is 10.0. The lowest BCUT2D eigenvalue weighted by atomic mass is 9.70. The van der Waals surface area contributed by atoms with Crippen LogP contribution in [0.15, 0.2) is 18.2 Å². The highest BCUT2D eigenvalue weighted by Crippen LogP contribution is 2.44. The van der Waals surface area contributed by atoms with Crippen LogP contribution in [-0.2, 0) is 0 Å². The van der Waals surface area contributed by atoms with Crippen molar-refractivity contribution in [2.45, 2.75) is 25.2 Å². The fraction of sp³-hybridized carbons (Fsp3) is 0.571. The second kappa shape index (κ2) is 4.57. The van der Waals surface area contributed by atoms with Crippen molar-refractivity contribution in [1.82, 2.24) is 0 Å². The molecule has 0 bridgehead atoms. The molecule has 3 rings (SSSR count). The zero-order chi connectivity index (χ0) is 11.7. The van der Waals surface area contributed by atoms with Crippen LogP contribution in [0.3, 0.4) is 0 Å². The fourth-order valence-electron chi connectivity index (χ4n) is 2.70. The lowest BCUT2D eigenvalue weighted by Gasteiger charge is -2.36. The molecule has 1 aliphatic carbocycles. The van der Waals surface area contributed by atoms with Gasteiger partial charge in [-0.25, -0.2) is 0 Å². The lowest BCUT2D eigenvalue weighted by molar-refractivity contribution is 0.262. The van der Waals surface area contributed by atoms with Gasteiger partial charge in [0.15, 0.2) is 11.5 Å². The molecule has 92 valence electrons. The van der Waals surface area contributed by atoms with Crippen molar-refractivity contribution in [3.63, 3.8) is 0 Å². The monoisotopic (exact) mass is 233 g/mol. The van der Waals surface area contributed by atoms with Gasteiger partial charge in [-0.3, -0.25) is 0 Å². The van der Waals surface area contributed by atoms with Crippen LogP contribution in [-0.4, -0.2) is 19.8 Å². The Bertz CT molecular complexity index is 403. The number of fused-ring (bicyclic) bond motifs is 1. The maximum absolute atomic E-state index is 5.77. The standard InChI is InChI=1S/C14H19NO2/c15-9-11-2-4-12(11)10-3-5-13-14(8-10)17-7-1-6-16-13/h3,5,8,11-12H,1-2,4,6-7,9,15H2. The molecule has 1 saturated carbocycles. The van der Waals surface area contributed by atoms with Crippen molar-refractivity contribution in [2.75, 3.05) is 19.8 Å². The van der Waals surface area contributed by atoms with Crippen LogP contribution in [0.5, 0.6) is 11.5 Å². The van der Waals surface area contributed by atoms with Gasteiger partial charge in [0, 0.05) is 6.42 Å². The van der Waals surface area contributed by atoms with Gasteiger partial charge in [0.25, 0.3) is 0 Å². The molecule has 1 fully saturated rings. The van der Waals surface area contributed by atoms with E-state index < -0.39 is 0 Å². The third-order valence-corrected chi connectivity index (χ3v) is 3.92. The van der Waals surface area contributed by atoms with Gasteiger partial charge in [0.1, 0.15) is 0 Å². The van der Waals surface area contributed by atoms with Crippen LogP contribution >= 0.6 is 0 Å². The first kappa shape index (κ1) is 10.9. The van der Waals surface area contributed by atoms with Crippen molar-refractivity contribution in [2.24, 2.45) is 11.7 Å². The van der Waals surface area contributed by atoms with Crippen molar-refractivity contribution in [1.29, 1.82) is 0 Å². The van der Waals surface area contributed by atoms with Gasteiger partial charge in [-0.1, -0.05) is 6.07 Å². The van der Waals surface area contributed by atoms with E-state index in [1.54, 1.807) is 0 Å². The molecule has 2 N–H and O–H groups in total. The molecule has 2 unspecified atom stereocenters. The minimum atomic E-state index is 0.622. The Hall–Kier alpha value is -1.22. The Kier molecular flexibility index (Phi) is 2.93.